The summed E-state index contributed by atoms with van der Waals surface area (Å²) in [6.45, 7) is 0.0700. The number of benzene rings is 1. The number of carbonyl (C=O) groups is 2. The van der Waals surface area contributed by atoms with E-state index >= 15 is 0 Å². The maximum absolute atomic E-state index is 11.9. The zero-order valence-electron chi connectivity index (χ0n) is 11.5. The molecule has 1 unspecified atom stereocenters. The van der Waals surface area contributed by atoms with Gasteiger partial charge in [-0.1, -0.05) is 28.1 Å². The predicted molar refractivity (Wildman–Crippen MR) is 79.9 cm³/mol. The molecule has 110 valence electrons. The minimum Gasteiger partial charge on any atom is -0.466 e. The summed E-state index contributed by atoms with van der Waals surface area (Å²) in [5.74, 6) is -1.09. The van der Waals surface area contributed by atoms with E-state index < -0.39 is 18.0 Å². The molecule has 2 rings (SSSR count). The Morgan fingerprint density at radius 1 is 1.33 bits per heavy atom. The van der Waals surface area contributed by atoms with Gasteiger partial charge in [0.2, 0.25) is 12.6 Å². The molecule has 5 nitrogen and oxygen atoms in total. The Morgan fingerprint density at radius 3 is 2.62 bits per heavy atom. The van der Waals surface area contributed by atoms with Crippen LogP contribution in [-0.4, -0.2) is 36.4 Å². The molecule has 1 aromatic rings. The number of hydrogen-bond acceptors (Lipinski definition) is 4. The fourth-order valence-electron chi connectivity index (χ4n) is 1.89. The molecule has 0 N–H and O–H groups in total. The molecule has 21 heavy (non-hydrogen) atoms. The zero-order chi connectivity index (χ0) is 15.2. The molecular weight excluding hydrogens is 338 g/mol. The van der Waals surface area contributed by atoms with Gasteiger partial charge in [0.1, 0.15) is 6.21 Å². The van der Waals surface area contributed by atoms with Crippen molar-refractivity contribution in [2.45, 2.75) is 12.5 Å². The number of allylic oxidation sites excluding steroid dienone is 1. The van der Waals surface area contributed by atoms with Crippen molar-refractivity contribution in [1.82, 2.24) is 0 Å². The van der Waals surface area contributed by atoms with E-state index in [0.717, 1.165) is 10.9 Å². The van der Waals surface area contributed by atoms with Crippen molar-refractivity contribution in [3.8, 4) is 0 Å². The van der Waals surface area contributed by atoms with Crippen LogP contribution >= 0.6 is 15.9 Å². The highest BCUT2D eigenvalue weighted by atomic mass is 79.9. The predicted octanol–water partition coefficient (Wildman–Crippen LogP) is 2.21. The second kappa shape index (κ2) is 7.17. The molecule has 1 aliphatic heterocycles. The van der Waals surface area contributed by atoms with Crippen LogP contribution in [0, 0.1) is 0 Å². The highest BCUT2D eigenvalue weighted by molar-refractivity contribution is 9.10. The third kappa shape index (κ3) is 4.26. The normalized spacial score (nSPS) is 14.5. The molecule has 0 fully saturated rings. The minimum absolute atomic E-state index is 0.0700. The lowest BCUT2D eigenvalue weighted by molar-refractivity contribution is -0.440. The van der Waals surface area contributed by atoms with Gasteiger partial charge < -0.3 is 9.47 Å². The van der Waals surface area contributed by atoms with Crippen LogP contribution in [0.15, 0.2) is 41.0 Å². The van der Waals surface area contributed by atoms with Crippen molar-refractivity contribution in [3.05, 3.63) is 46.6 Å². The third-order valence-corrected chi connectivity index (χ3v) is 3.45. The summed E-state index contributed by atoms with van der Waals surface area (Å²) in [6.07, 6.45) is 5.34. The maximum atomic E-state index is 11.9. The molecule has 0 radical (unpaired) electrons. The number of ether oxygens (including phenoxy) is 2. The SMILES string of the molecule is COC(=O)C(OC(=O)C[N+]1=CCC=C1)c1ccc(Br)cc1. The topological polar surface area (TPSA) is 55.6 Å². The van der Waals surface area contributed by atoms with Crippen LogP contribution in [0.5, 0.6) is 0 Å². The number of halogens is 1. The van der Waals surface area contributed by atoms with Gasteiger partial charge in [-0.3, -0.25) is 0 Å². The van der Waals surface area contributed by atoms with Gasteiger partial charge in [0.15, 0.2) is 6.20 Å². The van der Waals surface area contributed by atoms with Crippen LogP contribution in [0.2, 0.25) is 0 Å². The van der Waals surface area contributed by atoms with E-state index in [4.69, 9.17) is 9.47 Å². The van der Waals surface area contributed by atoms with E-state index in [0.29, 0.717) is 5.56 Å². The molecule has 0 aliphatic carbocycles. The van der Waals surface area contributed by atoms with Crippen LogP contribution in [0.25, 0.3) is 0 Å². The maximum Gasteiger partial charge on any atom is 0.373 e. The van der Waals surface area contributed by atoms with Crippen molar-refractivity contribution >= 4 is 34.1 Å². The lowest BCUT2D eigenvalue weighted by Gasteiger charge is -2.15. The van der Waals surface area contributed by atoms with E-state index in [1.807, 2.05) is 12.3 Å². The summed E-state index contributed by atoms with van der Waals surface area (Å²) < 4.78 is 12.6. The van der Waals surface area contributed by atoms with Crippen molar-refractivity contribution in [2.75, 3.05) is 13.7 Å². The molecule has 1 aliphatic rings. The molecule has 0 bridgehead atoms. The Balaban J connectivity index is 2.09. The average Bonchev–Trinajstić information content (AvgIpc) is 2.98. The van der Waals surface area contributed by atoms with Crippen molar-refractivity contribution in [3.63, 3.8) is 0 Å². The fraction of sp³-hybridized carbons (Fsp3) is 0.267. The van der Waals surface area contributed by atoms with Crippen molar-refractivity contribution in [2.24, 2.45) is 0 Å². The first-order valence-corrected chi connectivity index (χ1v) is 7.18. The van der Waals surface area contributed by atoms with Crippen molar-refractivity contribution < 1.29 is 23.6 Å². The summed E-state index contributed by atoms with van der Waals surface area (Å²) in [7, 11) is 1.26. The van der Waals surface area contributed by atoms with Gasteiger partial charge in [-0.15, -0.1) is 0 Å². The minimum atomic E-state index is -1.05. The molecule has 0 amide bonds. The lowest BCUT2D eigenvalue weighted by atomic mass is 10.1. The smallest absolute Gasteiger partial charge is 0.373 e. The summed E-state index contributed by atoms with van der Waals surface area (Å²) in [6, 6.07) is 6.97. The molecule has 6 heteroatoms. The number of methoxy groups -OCH3 is 1. The lowest BCUT2D eigenvalue weighted by Crippen LogP contribution is -2.25. The molecule has 0 saturated heterocycles. The fourth-order valence-corrected chi connectivity index (χ4v) is 2.15. The highest BCUT2D eigenvalue weighted by Gasteiger charge is 2.27. The highest BCUT2D eigenvalue weighted by Crippen LogP contribution is 2.21. The van der Waals surface area contributed by atoms with Gasteiger partial charge in [-0.05, 0) is 18.2 Å². The van der Waals surface area contributed by atoms with Crippen LogP contribution in [-0.2, 0) is 19.1 Å². The number of nitrogens with zero attached hydrogens (tertiary/aromatic N) is 1. The molecular formula is C15H15BrNO4+. The van der Waals surface area contributed by atoms with Crippen LogP contribution < -0.4 is 0 Å². The first kappa shape index (κ1) is 15.4. The van der Waals surface area contributed by atoms with Gasteiger partial charge in [0.05, 0.1) is 7.11 Å². The number of rotatable bonds is 5. The van der Waals surface area contributed by atoms with E-state index in [9.17, 15) is 9.59 Å². The van der Waals surface area contributed by atoms with E-state index in [-0.39, 0.29) is 6.54 Å². The Morgan fingerprint density at radius 2 is 2.05 bits per heavy atom. The number of carbonyl (C=O) groups excluding carboxylic acids is 2. The molecule has 1 heterocycles. The monoisotopic (exact) mass is 352 g/mol. The Hall–Kier alpha value is -1.95. The van der Waals surface area contributed by atoms with Crippen LogP contribution in [0.3, 0.4) is 0 Å². The van der Waals surface area contributed by atoms with Gasteiger partial charge >= 0.3 is 11.9 Å². The standard InChI is InChI=1S/C15H15BrNO4/c1-20-15(19)14(11-4-6-12(16)7-5-11)21-13(18)10-17-8-2-3-9-17/h2,4-9,14H,3,10H2,1H3/q+1. The molecule has 0 aromatic heterocycles. The zero-order valence-corrected chi connectivity index (χ0v) is 13.1. The summed E-state index contributed by atoms with van der Waals surface area (Å²) in [4.78, 5) is 23.8. The van der Waals surface area contributed by atoms with Crippen LogP contribution in [0.1, 0.15) is 18.1 Å². The average molecular weight is 353 g/mol. The summed E-state index contributed by atoms with van der Waals surface area (Å²) in [5.41, 5.74) is 0.569. The third-order valence-electron chi connectivity index (χ3n) is 2.92. The van der Waals surface area contributed by atoms with E-state index in [2.05, 4.69) is 15.9 Å². The molecule has 0 spiro atoms. The largest absolute Gasteiger partial charge is 0.466 e. The first-order chi connectivity index (χ1) is 10.1. The quantitative estimate of drug-likeness (QED) is 0.602. The van der Waals surface area contributed by atoms with E-state index in [1.54, 1.807) is 35.0 Å². The summed E-state index contributed by atoms with van der Waals surface area (Å²) >= 11 is 3.32. The Labute approximate surface area is 131 Å². The van der Waals surface area contributed by atoms with Gasteiger partial charge in [0, 0.05) is 16.5 Å². The number of hydrogen-bond donors (Lipinski definition) is 0. The second-order valence-electron chi connectivity index (χ2n) is 4.42. The molecule has 0 saturated carbocycles. The van der Waals surface area contributed by atoms with Gasteiger partial charge in [-0.25, -0.2) is 9.59 Å². The number of esters is 2. The van der Waals surface area contributed by atoms with Crippen molar-refractivity contribution in [1.29, 1.82) is 0 Å². The van der Waals surface area contributed by atoms with E-state index in [1.165, 1.54) is 7.11 Å². The first-order valence-electron chi connectivity index (χ1n) is 6.38. The Bertz CT molecular complexity index is 592. The molecule has 1 atom stereocenters. The second-order valence-corrected chi connectivity index (χ2v) is 5.34. The van der Waals surface area contributed by atoms with Gasteiger partial charge in [0.25, 0.3) is 0 Å². The van der Waals surface area contributed by atoms with Gasteiger partial charge in [-0.2, -0.15) is 4.58 Å². The molecule has 1 aromatic carbocycles. The Kier molecular flexibility index (Phi) is 5.27. The van der Waals surface area contributed by atoms with Crippen LogP contribution in [0.4, 0.5) is 0 Å². The summed E-state index contributed by atoms with van der Waals surface area (Å²) in [5, 5.41) is 0.